The quantitative estimate of drug-likeness (QED) is 0.418. The summed E-state index contributed by atoms with van der Waals surface area (Å²) in [5.74, 6) is 0. The molecule has 0 heteroatoms. The fourth-order valence-electron chi connectivity index (χ4n) is 3.29. The highest BCUT2D eigenvalue weighted by molar-refractivity contribution is 5.90. The van der Waals surface area contributed by atoms with Crippen LogP contribution in [0.4, 0.5) is 0 Å². The maximum absolute atomic E-state index is 4.31. The van der Waals surface area contributed by atoms with Crippen LogP contribution in [0.25, 0.3) is 16.7 Å². The second-order valence-electron chi connectivity index (χ2n) is 7.06. The topological polar surface area (TPSA) is 0 Å². The molecule has 3 aromatic carbocycles. The molecular weight excluding hydrogens is 324 g/mol. The molecule has 27 heavy (non-hydrogen) atoms. The molecule has 0 unspecified atom stereocenters. The predicted molar refractivity (Wildman–Crippen MR) is 119 cm³/mol. The summed E-state index contributed by atoms with van der Waals surface area (Å²) in [6, 6.07) is 27.5. The summed E-state index contributed by atoms with van der Waals surface area (Å²) in [5.41, 5.74) is 9.57. The first kappa shape index (κ1) is 18.7. The number of rotatable bonds is 5. The van der Waals surface area contributed by atoms with Crippen LogP contribution in [0.3, 0.4) is 0 Å². The molecule has 0 spiro atoms. The minimum atomic E-state index is 1.02. The number of benzene rings is 3. The molecule has 0 heterocycles. The zero-order valence-electron chi connectivity index (χ0n) is 16.4. The van der Waals surface area contributed by atoms with Gasteiger partial charge in [-0.2, -0.15) is 0 Å². The zero-order valence-corrected chi connectivity index (χ0v) is 16.4. The van der Waals surface area contributed by atoms with Crippen molar-refractivity contribution in [3.05, 3.63) is 125 Å². The van der Waals surface area contributed by atoms with E-state index in [4.69, 9.17) is 0 Å². The van der Waals surface area contributed by atoms with E-state index in [0.717, 1.165) is 11.1 Å². The molecule has 0 atom stereocenters. The van der Waals surface area contributed by atoms with Crippen molar-refractivity contribution in [1.82, 2.24) is 0 Å². The van der Waals surface area contributed by atoms with Crippen LogP contribution in [0.2, 0.25) is 0 Å². The lowest BCUT2D eigenvalue weighted by Gasteiger charge is -2.11. The van der Waals surface area contributed by atoms with Gasteiger partial charge in [0.1, 0.15) is 0 Å². The van der Waals surface area contributed by atoms with E-state index in [1.54, 1.807) is 0 Å². The van der Waals surface area contributed by atoms with E-state index in [0.29, 0.717) is 0 Å². The first-order valence-corrected chi connectivity index (χ1v) is 9.31. The lowest BCUT2D eigenvalue weighted by molar-refractivity contribution is 1.37. The van der Waals surface area contributed by atoms with Crippen LogP contribution in [0.15, 0.2) is 97.6 Å². The smallest absolute Gasteiger partial charge is 0.0175 e. The van der Waals surface area contributed by atoms with Gasteiger partial charge in [0, 0.05) is 0 Å². The van der Waals surface area contributed by atoms with E-state index in [9.17, 15) is 0 Å². The average Bonchev–Trinajstić information content (AvgIpc) is 2.68. The Labute approximate surface area is 163 Å². The third-order valence-corrected chi connectivity index (χ3v) is 4.63. The van der Waals surface area contributed by atoms with Gasteiger partial charge in [-0.3, -0.25) is 0 Å². The number of allylic oxidation sites excluding steroid dienone is 5. The molecule has 0 fully saturated rings. The van der Waals surface area contributed by atoms with Gasteiger partial charge in [-0.1, -0.05) is 103 Å². The van der Waals surface area contributed by atoms with E-state index < -0.39 is 0 Å². The Morgan fingerprint density at radius 2 is 1.19 bits per heavy atom. The second kappa shape index (κ2) is 8.51. The molecule has 0 radical (unpaired) electrons. The number of hydrogen-bond acceptors (Lipinski definition) is 0. The number of hydrogen-bond donors (Lipinski definition) is 0. The Balaban J connectivity index is 2.09. The summed E-state index contributed by atoms with van der Waals surface area (Å²) in [4.78, 5) is 0. The Morgan fingerprint density at radius 1 is 0.667 bits per heavy atom. The predicted octanol–water partition coefficient (Wildman–Crippen LogP) is 7.50. The van der Waals surface area contributed by atoms with Crippen LogP contribution >= 0.6 is 0 Å². The van der Waals surface area contributed by atoms with Crippen LogP contribution in [-0.2, 0) is 0 Å². The lowest BCUT2D eigenvalue weighted by atomic mass is 9.94. The molecule has 0 amide bonds. The van der Waals surface area contributed by atoms with E-state index in [2.05, 4.69) is 112 Å². The van der Waals surface area contributed by atoms with Crippen molar-refractivity contribution >= 4 is 16.7 Å². The summed E-state index contributed by atoms with van der Waals surface area (Å²) >= 11 is 0. The molecule has 0 nitrogen and oxygen atoms in total. The summed E-state index contributed by atoms with van der Waals surface area (Å²) in [5, 5.41) is 0. The molecule has 3 rings (SSSR count). The van der Waals surface area contributed by atoms with Crippen molar-refractivity contribution in [3.63, 3.8) is 0 Å². The third kappa shape index (κ3) is 4.95. The molecule has 0 saturated carbocycles. The highest BCUT2D eigenvalue weighted by Crippen LogP contribution is 2.27. The molecule has 0 aliphatic rings. The first-order valence-electron chi connectivity index (χ1n) is 9.31. The fraction of sp³-hybridized carbons (Fsp3) is 0.111. The normalized spacial score (nSPS) is 12.1. The van der Waals surface area contributed by atoms with Crippen molar-refractivity contribution in [2.45, 2.75) is 20.8 Å². The molecule has 0 N–H and O–H groups in total. The van der Waals surface area contributed by atoms with Crippen LogP contribution in [0.1, 0.15) is 34.7 Å². The van der Waals surface area contributed by atoms with Crippen LogP contribution in [0.5, 0.6) is 0 Å². The molecular formula is C27H26. The van der Waals surface area contributed by atoms with E-state index >= 15 is 0 Å². The Morgan fingerprint density at radius 3 is 1.74 bits per heavy atom. The Kier molecular flexibility index (Phi) is 5.88. The van der Waals surface area contributed by atoms with Gasteiger partial charge in [-0.05, 0) is 60.3 Å². The first-order chi connectivity index (χ1) is 13.0. The van der Waals surface area contributed by atoms with Gasteiger partial charge in [0.05, 0.1) is 0 Å². The minimum absolute atomic E-state index is 1.02. The van der Waals surface area contributed by atoms with Gasteiger partial charge in [0.15, 0.2) is 0 Å². The zero-order chi connectivity index (χ0) is 19.2. The molecule has 3 aromatic rings. The van der Waals surface area contributed by atoms with Crippen LogP contribution < -0.4 is 0 Å². The highest BCUT2D eigenvalue weighted by atomic mass is 14.1. The van der Waals surface area contributed by atoms with Gasteiger partial charge in [0.25, 0.3) is 0 Å². The maximum Gasteiger partial charge on any atom is -0.0175 e. The van der Waals surface area contributed by atoms with E-state index in [1.807, 2.05) is 6.07 Å². The van der Waals surface area contributed by atoms with Gasteiger partial charge in [-0.15, -0.1) is 0 Å². The monoisotopic (exact) mass is 350 g/mol. The minimum Gasteiger partial charge on any atom is -0.0911 e. The largest absolute Gasteiger partial charge is 0.0911 e. The molecule has 134 valence electrons. The fourth-order valence-corrected chi connectivity index (χ4v) is 3.29. The van der Waals surface area contributed by atoms with Crippen molar-refractivity contribution in [2.24, 2.45) is 0 Å². The SMILES string of the molecule is C=C(/C=C(\C=C(/C)c1ccccc1)c1cc(C)cc(C)c1)c1ccccc1. The Hall–Kier alpha value is -3.12. The van der Waals surface area contributed by atoms with Gasteiger partial charge in [-0.25, -0.2) is 0 Å². The average molecular weight is 351 g/mol. The maximum atomic E-state index is 4.31. The van der Waals surface area contributed by atoms with Crippen molar-refractivity contribution < 1.29 is 0 Å². The molecule has 0 aliphatic heterocycles. The van der Waals surface area contributed by atoms with E-state index in [1.165, 1.54) is 33.4 Å². The van der Waals surface area contributed by atoms with E-state index in [-0.39, 0.29) is 0 Å². The van der Waals surface area contributed by atoms with Crippen LogP contribution in [0, 0.1) is 13.8 Å². The Bertz CT molecular complexity index is 966. The molecule has 0 aliphatic carbocycles. The molecule has 0 saturated heterocycles. The summed E-state index contributed by atoms with van der Waals surface area (Å²) in [6.45, 7) is 10.8. The number of aryl methyl sites for hydroxylation is 2. The van der Waals surface area contributed by atoms with Gasteiger partial charge >= 0.3 is 0 Å². The summed E-state index contributed by atoms with van der Waals surface area (Å²) < 4.78 is 0. The molecule has 0 bridgehead atoms. The van der Waals surface area contributed by atoms with Crippen molar-refractivity contribution in [3.8, 4) is 0 Å². The highest BCUT2D eigenvalue weighted by Gasteiger charge is 2.05. The lowest BCUT2D eigenvalue weighted by Crippen LogP contribution is -1.89. The second-order valence-corrected chi connectivity index (χ2v) is 7.06. The van der Waals surface area contributed by atoms with Gasteiger partial charge in [0.2, 0.25) is 0 Å². The molecule has 0 aromatic heterocycles. The van der Waals surface area contributed by atoms with Crippen LogP contribution in [-0.4, -0.2) is 0 Å². The summed E-state index contributed by atoms with van der Waals surface area (Å²) in [6.07, 6.45) is 4.45. The van der Waals surface area contributed by atoms with Gasteiger partial charge < -0.3 is 0 Å². The van der Waals surface area contributed by atoms with Crippen molar-refractivity contribution in [2.75, 3.05) is 0 Å². The third-order valence-electron chi connectivity index (χ3n) is 4.63. The standard InChI is InChI=1S/C27H26/c1-20-15-21(2)17-26(16-20)27(18-22(3)24-11-7-5-8-12-24)19-23(4)25-13-9-6-10-14-25/h5-19H,3H2,1-2,4H3/b23-19+,27-18+. The summed E-state index contributed by atoms with van der Waals surface area (Å²) in [7, 11) is 0. The van der Waals surface area contributed by atoms with Crippen molar-refractivity contribution in [1.29, 1.82) is 0 Å².